The Balaban J connectivity index is 1.27. The first kappa shape index (κ1) is 24.6. The standard InChI is InChI=1S/C26H26F3N7O/c1-16-15-19(36-13-11-35(2)12-14-36)7-8-21(16)32-25(37)31-18-5-3-17(4-6-18)20-9-10-30-24-22(20)23(33-34-24)26(27,28)29/h3-10,15H,11-14H2,1-2H3,(H,30,33,34)(H2,31,32,37). The van der Waals surface area contributed by atoms with E-state index in [1.165, 1.54) is 12.3 Å². The number of urea groups is 1. The molecular formula is C26H26F3N7O. The predicted molar refractivity (Wildman–Crippen MR) is 138 cm³/mol. The summed E-state index contributed by atoms with van der Waals surface area (Å²) in [5.41, 5.74) is 3.21. The van der Waals surface area contributed by atoms with Gasteiger partial charge in [-0.3, -0.25) is 5.10 Å². The van der Waals surface area contributed by atoms with Crippen molar-refractivity contribution < 1.29 is 18.0 Å². The number of nitrogens with zero attached hydrogens (tertiary/aromatic N) is 4. The van der Waals surface area contributed by atoms with Crippen LogP contribution in [0.4, 0.5) is 35.0 Å². The number of benzene rings is 2. The number of likely N-dealkylation sites (N-methyl/N-ethyl adjacent to an activating group) is 1. The summed E-state index contributed by atoms with van der Waals surface area (Å²) in [7, 11) is 2.11. The molecule has 3 N–H and O–H groups in total. The Morgan fingerprint density at radius 1 is 1.00 bits per heavy atom. The number of amides is 2. The Hall–Kier alpha value is -4.12. The van der Waals surface area contributed by atoms with Gasteiger partial charge in [0.25, 0.3) is 0 Å². The molecule has 37 heavy (non-hydrogen) atoms. The highest BCUT2D eigenvalue weighted by molar-refractivity contribution is 6.01. The number of piperazine rings is 1. The zero-order valence-corrected chi connectivity index (χ0v) is 20.4. The summed E-state index contributed by atoms with van der Waals surface area (Å²) in [5, 5.41) is 11.3. The molecule has 2 aromatic heterocycles. The maximum atomic E-state index is 13.4. The third-order valence-electron chi connectivity index (χ3n) is 6.52. The number of rotatable bonds is 4. The molecule has 1 aliphatic heterocycles. The van der Waals surface area contributed by atoms with Crippen molar-refractivity contribution in [2.24, 2.45) is 0 Å². The lowest BCUT2D eigenvalue weighted by molar-refractivity contribution is -0.139. The lowest BCUT2D eigenvalue weighted by Gasteiger charge is -2.34. The molecule has 192 valence electrons. The summed E-state index contributed by atoms with van der Waals surface area (Å²) < 4.78 is 40.3. The quantitative estimate of drug-likeness (QED) is 0.345. The number of carbonyl (C=O) groups excluding carboxylic acids is 1. The second kappa shape index (κ2) is 9.74. The van der Waals surface area contributed by atoms with Crippen LogP contribution in [-0.4, -0.2) is 59.3 Å². The third kappa shape index (κ3) is 5.21. The molecule has 8 nitrogen and oxygen atoms in total. The van der Waals surface area contributed by atoms with Gasteiger partial charge in [0, 0.05) is 49.4 Å². The Morgan fingerprint density at radius 3 is 2.41 bits per heavy atom. The van der Waals surface area contributed by atoms with Gasteiger partial charge in [-0.25, -0.2) is 9.78 Å². The average Bonchev–Trinajstić information content (AvgIpc) is 3.32. The number of carbonyl (C=O) groups is 1. The van der Waals surface area contributed by atoms with Crippen LogP contribution in [0.25, 0.3) is 22.2 Å². The molecule has 2 aromatic carbocycles. The topological polar surface area (TPSA) is 89.2 Å². The summed E-state index contributed by atoms with van der Waals surface area (Å²) in [6.45, 7) is 5.89. The molecular weight excluding hydrogens is 483 g/mol. The van der Waals surface area contributed by atoms with E-state index in [0.29, 0.717) is 22.5 Å². The fraction of sp³-hybridized carbons (Fsp3) is 0.269. The number of halogens is 3. The zero-order valence-electron chi connectivity index (χ0n) is 20.4. The molecule has 1 aliphatic rings. The van der Waals surface area contributed by atoms with Crippen molar-refractivity contribution in [3.8, 4) is 11.1 Å². The molecule has 0 bridgehead atoms. The van der Waals surface area contributed by atoms with Gasteiger partial charge in [-0.1, -0.05) is 12.1 Å². The van der Waals surface area contributed by atoms with Crippen LogP contribution in [0.5, 0.6) is 0 Å². The number of aromatic amines is 1. The van der Waals surface area contributed by atoms with E-state index in [1.807, 2.05) is 24.2 Å². The molecule has 0 unspecified atom stereocenters. The molecule has 1 saturated heterocycles. The van der Waals surface area contributed by atoms with Gasteiger partial charge in [0.2, 0.25) is 0 Å². The Bertz CT molecular complexity index is 1420. The van der Waals surface area contributed by atoms with E-state index in [-0.39, 0.29) is 11.0 Å². The smallest absolute Gasteiger partial charge is 0.369 e. The molecule has 4 aromatic rings. The first-order chi connectivity index (χ1) is 17.7. The molecule has 0 atom stereocenters. The highest BCUT2D eigenvalue weighted by Gasteiger charge is 2.36. The molecule has 0 radical (unpaired) electrons. The largest absolute Gasteiger partial charge is 0.433 e. The van der Waals surface area contributed by atoms with Gasteiger partial charge in [-0.05, 0) is 67.1 Å². The van der Waals surface area contributed by atoms with E-state index in [0.717, 1.165) is 37.4 Å². The Kier molecular flexibility index (Phi) is 6.46. The lowest BCUT2D eigenvalue weighted by Crippen LogP contribution is -2.44. The fourth-order valence-corrected chi connectivity index (χ4v) is 4.46. The second-order valence-corrected chi connectivity index (χ2v) is 9.10. The highest BCUT2D eigenvalue weighted by atomic mass is 19.4. The van der Waals surface area contributed by atoms with Gasteiger partial charge in [0.1, 0.15) is 5.69 Å². The minimum atomic E-state index is -4.59. The second-order valence-electron chi connectivity index (χ2n) is 9.10. The lowest BCUT2D eigenvalue weighted by atomic mass is 10.0. The monoisotopic (exact) mass is 509 g/mol. The number of aryl methyl sites for hydroxylation is 1. The number of fused-ring (bicyclic) bond motifs is 1. The van der Waals surface area contributed by atoms with Crippen LogP contribution >= 0.6 is 0 Å². The molecule has 2 amide bonds. The van der Waals surface area contributed by atoms with Crippen molar-refractivity contribution in [3.05, 3.63) is 66.0 Å². The van der Waals surface area contributed by atoms with E-state index >= 15 is 0 Å². The minimum absolute atomic E-state index is 0.0135. The van der Waals surface area contributed by atoms with Crippen molar-refractivity contribution in [3.63, 3.8) is 0 Å². The van der Waals surface area contributed by atoms with Crippen molar-refractivity contribution in [2.45, 2.75) is 13.1 Å². The maximum absolute atomic E-state index is 13.4. The van der Waals surface area contributed by atoms with Crippen molar-refractivity contribution >= 4 is 34.1 Å². The highest BCUT2D eigenvalue weighted by Crippen LogP contribution is 2.37. The first-order valence-corrected chi connectivity index (χ1v) is 11.8. The maximum Gasteiger partial charge on any atom is 0.433 e. The number of hydrogen-bond donors (Lipinski definition) is 3. The third-order valence-corrected chi connectivity index (χ3v) is 6.52. The molecule has 5 rings (SSSR count). The molecule has 1 fully saturated rings. The van der Waals surface area contributed by atoms with Crippen LogP contribution in [0.15, 0.2) is 54.7 Å². The summed E-state index contributed by atoms with van der Waals surface area (Å²) in [5.74, 6) is 0. The summed E-state index contributed by atoms with van der Waals surface area (Å²) in [6, 6.07) is 13.6. The number of anilines is 3. The zero-order chi connectivity index (χ0) is 26.2. The van der Waals surface area contributed by atoms with Crippen molar-refractivity contribution in [1.29, 1.82) is 0 Å². The number of nitrogens with one attached hydrogen (secondary N) is 3. The van der Waals surface area contributed by atoms with Gasteiger partial charge in [-0.15, -0.1) is 0 Å². The van der Waals surface area contributed by atoms with E-state index in [2.05, 4.69) is 43.6 Å². The summed E-state index contributed by atoms with van der Waals surface area (Å²) in [4.78, 5) is 21.2. The van der Waals surface area contributed by atoms with Crippen LogP contribution in [0.2, 0.25) is 0 Å². The summed E-state index contributed by atoms with van der Waals surface area (Å²) >= 11 is 0. The van der Waals surface area contributed by atoms with E-state index in [9.17, 15) is 18.0 Å². The minimum Gasteiger partial charge on any atom is -0.369 e. The van der Waals surface area contributed by atoms with Crippen molar-refractivity contribution in [1.82, 2.24) is 20.1 Å². The van der Waals surface area contributed by atoms with Crippen LogP contribution in [0.3, 0.4) is 0 Å². The Labute approximate surface area is 211 Å². The predicted octanol–water partition coefficient (Wildman–Crippen LogP) is 5.35. The number of pyridine rings is 1. The first-order valence-electron chi connectivity index (χ1n) is 11.8. The molecule has 0 aliphatic carbocycles. The Morgan fingerprint density at radius 2 is 1.73 bits per heavy atom. The molecule has 0 spiro atoms. The molecule has 11 heteroatoms. The van der Waals surface area contributed by atoms with Crippen LogP contribution in [-0.2, 0) is 6.18 Å². The van der Waals surface area contributed by atoms with E-state index < -0.39 is 17.9 Å². The van der Waals surface area contributed by atoms with Crippen LogP contribution in [0.1, 0.15) is 11.3 Å². The van der Waals surface area contributed by atoms with Crippen LogP contribution < -0.4 is 15.5 Å². The van der Waals surface area contributed by atoms with Gasteiger partial charge >= 0.3 is 12.2 Å². The molecule has 3 heterocycles. The number of hydrogen-bond acceptors (Lipinski definition) is 5. The van der Waals surface area contributed by atoms with Crippen molar-refractivity contribution in [2.75, 3.05) is 48.8 Å². The van der Waals surface area contributed by atoms with Crippen LogP contribution in [0, 0.1) is 6.92 Å². The number of alkyl halides is 3. The number of aromatic nitrogens is 3. The van der Waals surface area contributed by atoms with Gasteiger partial charge < -0.3 is 20.4 Å². The summed E-state index contributed by atoms with van der Waals surface area (Å²) in [6.07, 6.45) is -3.18. The molecule has 0 saturated carbocycles. The van der Waals surface area contributed by atoms with Gasteiger partial charge in [0.15, 0.2) is 5.65 Å². The normalized spacial score (nSPS) is 14.7. The van der Waals surface area contributed by atoms with E-state index in [1.54, 1.807) is 24.3 Å². The van der Waals surface area contributed by atoms with E-state index in [4.69, 9.17) is 0 Å². The number of H-pyrrole nitrogens is 1. The van der Waals surface area contributed by atoms with Gasteiger partial charge in [-0.2, -0.15) is 18.3 Å². The fourth-order valence-electron chi connectivity index (χ4n) is 4.46. The average molecular weight is 510 g/mol. The van der Waals surface area contributed by atoms with Gasteiger partial charge in [0.05, 0.1) is 5.39 Å². The SMILES string of the molecule is Cc1cc(N2CCN(C)CC2)ccc1NC(=O)Nc1ccc(-c2ccnc3n[nH]c(C(F)(F)F)c23)cc1.